The predicted molar refractivity (Wildman–Crippen MR) is 77.0 cm³/mol. The molecule has 0 atom stereocenters. The Balaban J connectivity index is 2.06. The van der Waals surface area contributed by atoms with E-state index < -0.39 is 16.5 Å². The molecule has 0 fully saturated rings. The average molecular weight is 354 g/mol. The van der Waals surface area contributed by atoms with E-state index in [2.05, 4.69) is 15.9 Å². The molecule has 7 heteroatoms. The molecule has 0 amide bonds. The van der Waals surface area contributed by atoms with E-state index in [4.69, 9.17) is 4.74 Å². The lowest BCUT2D eigenvalue weighted by molar-refractivity contribution is -0.384. The first-order valence-corrected chi connectivity index (χ1v) is 6.62. The van der Waals surface area contributed by atoms with E-state index in [1.54, 1.807) is 0 Å². The molecule has 0 unspecified atom stereocenters. The van der Waals surface area contributed by atoms with Gasteiger partial charge >= 0.3 is 0 Å². The third kappa shape index (κ3) is 3.85. The first-order valence-electron chi connectivity index (χ1n) is 5.83. The zero-order valence-corrected chi connectivity index (χ0v) is 12.2. The van der Waals surface area contributed by atoms with Crippen LogP contribution in [0.1, 0.15) is 10.4 Å². The summed E-state index contributed by atoms with van der Waals surface area (Å²) in [5.41, 5.74) is -0.00248. The summed E-state index contributed by atoms with van der Waals surface area (Å²) < 4.78 is 18.8. The SMILES string of the molecule is O=C(COc1ccc(Br)c(F)c1)c1cccc([N+](=O)[O-])c1. The van der Waals surface area contributed by atoms with Gasteiger partial charge in [0.25, 0.3) is 5.69 Å². The molecular formula is C14H9BrFNO4. The molecule has 0 aliphatic carbocycles. The van der Waals surface area contributed by atoms with Gasteiger partial charge in [-0.15, -0.1) is 0 Å². The number of halogens is 2. The van der Waals surface area contributed by atoms with Crippen LogP contribution in [0.15, 0.2) is 46.9 Å². The Hall–Kier alpha value is -2.28. The van der Waals surface area contributed by atoms with Crippen LogP contribution in [0, 0.1) is 15.9 Å². The monoisotopic (exact) mass is 353 g/mol. The molecule has 2 aromatic rings. The van der Waals surface area contributed by atoms with Crippen molar-refractivity contribution in [1.29, 1.82) is 0 Å². The van der Waals surface area contributed by atoms with Crippen LogP contribution >= 0.6 is 15.9 Å². The van der Waals surface area contributed by atoms with E-state index in [-0.39, 0.29) is 23.6 Å². The number of carbonyl (C=O) groups excluding carboxylic acids is 1. The number of Topliss-reactive ketones (excluding diaryl/α,β-unsaturated/α-hetero) is 1. The first kappa shape index (κ1) is 15.1. The minimum Gasteiger partial charge on any atom is -0.485 e. The van der Waals surface area contributed by atoms with Gasteiger partial charge in [0.1, 0.15) is 11.6 Å². The maximum absolute atomic E-state index is 13.3. The second-order valence-corrected chi connectivity index (χ2v) is 4.95. The molecule has 0 N–H and O–H groups in total. The highest BCUT2D eigenvalue weighted by molar-refractivity contribution is 9.10. The zero-order valence-electron chi connectivity index (χ0n) is 10.6. The summed E-state index contributed by atoms with van der Waals surface area (Å²) in [6.07, 6.45) is 0. The number of hydrogen-bond acceptors (Lipinski definition) is 4. The number of hydrogen-bond donors (Lipinski definition) is 0. The number of rotatable bonds is 5. The van der Waals surface area contributed by atoms with Gasteiger partial charge < -0.3 is 4.74 Å². The van der Waals surface area contributed by atoms with Gasteiger partial charge in [-0.05, 0) is 28.1 Å². The molecule has 0 heterocycles. The third-order valence-corrected chi connectivity index (χ3v) is 3.28. The van der Waals surface area contributed by atoms with E-state index in [1.165, 1.54) is 36.4 Å². The smallest absolute Gasteiger partial charge is 0.270 e. The Bertz CT molecular complexity index is 705. The number of nitro benzene ring substituents is 1. The lowest BCUT2D eigenvalue weighted by atomic mass is 10.1. The summed E-state index contributed by atoms with van der Waals surface area (Å²) in [7, 11) is 0. The number of benzene rings is 2. The Labute approximate surface area is 127 Å². The van der Waals surface area contributed by atoms with Gasteiger partial charge in [-0.25, -0.2) is 4.39 Å². The Morgan fingerprint density at radius 1 is 1.29 bits per heavy atom. The van der Waals surface area contributed by atoms with Crippen molar-refractivity contribution < 1.29 is 18.8 Å². The fourth-order valence-corrected chi connectivity index (χ4v) is 1.84. The van der Waals surface area contributed by atoms with Crippen LogP contribution in [0.3, 0.4) is 0 Å². The van der Waals surface area contributed by atoms with Gasteiger partial charge in [-0.1, -0.05) is 12.1 Å². The molecule has 0 aliphatic rings. The van der Waals surface area contributed by atoms with Crippen LogP contribution in [0.25, 0.3) is 0 Å². The molecule has 2 rings (SSSR count). The standard InChI is InChI=1S/C14H9BrFNO4/c15-12-5-4-11(7-13(12)16)21-8-14(18)9-2-1-3-10(6-9)17(19)20/h1-7H,8H2. The number of carbonyl (C=O) groups is 1. The lowest BCUT2D eigenvalue weighted by Gasteiger charge is -2.06. The van der Waals surface area contributed by atoms with Crippen molar-refractivity contribution in [3.63, 3.8) is 0 Å². The van der Waals surface area contributed by atoms with E-state index in [9.17, 15) is 19.3 Å². The average Bonchev–Trinajstić information content (AvgIpc) is 2.48. The summed E-state index contributed by atoms with van der Waals surface area (Å²) in [6.45, 7) is -0.331. The van der Waals surface area contributed by atoms with Crippen LogP contribution in [-0.4, -0.2) is 17.3 Å². The summed E-state index contributed by atoms with van der Waals surface area (Å²) in [4.78, 5) is 22.0. The molecule has 5 nitrogen and oxygen atoms in total. The Kier molecular flexibility index (Phi) is 4.64. The Morgan fingerprint density at radius 2 is 2.05 bits per heavy atom. The van der Waals surface area contributed by atoms with E-state index in [0.29, 0.717) is 4.47 Å². The molecule has 0 aromatic heterocycles. The molecular weight excluding hydrogens is 345 g/mol. The molecule has 0 aliphatic heterocycles. The third-order valence-electron chi connectivity index (χ3n) is 2.64. The molecule has 0 radical (unpaired) electrons. The van der Waals surface area contributed by atoms with Gasteiger partial charge in [-0.3, -0.25) is 14.9 Å². The molecule has 108 valence electrons. The van der Waals surface area contributed by atoms with E-state index in [0.717, 1.165) is 6.07 Å². The fraction of sp³-hybridized carbons (Fsp3) is 0.0714. The van der Waals surface area contributed by atoms with Crippen molar-refractivity contribution in [2.75, 3.05) is 6.61 Å². The molecule has 0 bridgehead atoms. The molecule has 0 spiro atoms. The lowest BCUT2D eigenvalue weighted by Crippen LogP contribution is -2.11. The van der Waals surface area contributed by atoms with Gasteiger partial charge in [0, 0.05) is 23.8 Å². The quantitative estimate of drug-likeness (QED) is 0.466. The van der Waals surface area contributed by atoms with E-state index >= 15 is 0 Å². The zero-order chi connectivity index (χ0) is 15.4. The minimum absolute atomic E-state index is 0.168. The van der Waals surface area contributed by atoms with Crippen molar-refractivity contribution in [2.45, 2.75) is 0 Å². The van der Waals surface area contributed by atoms with Gasteiger partial charge in [0.05, 0.1) is 9.40 Å². The van der Waals surface area contributed by atoms with Crippen LogP contribution in [0.2, 0.25) is 0 Å². The summed E-state index contributed by atoms with van der Waals surface area (Å²) in [5, 5.41) is 10.6. The van der Waals surface area contributed by atoms with Gasteiger partial charge in [-0.2, -0.15) is 0 Å². The van der Waals surface area contributed by atoms with Crippen molar-refractivity contribution in [2.24, 2.45) is 0 Å². The number of non-ortho nitro benzene ring substituents is 1. The molecule has 0 saturated heterocycles. The van der Waals surface area contributed by atoms with E-state index in [1.807, 2.05) is 0 Å². The van der Waals surface area contributed by atoms with Gasteiger partial charge in [0.2, 0.25) is 0 Å². The topological polar surface area (TPSA) is 69.4 Å². The number of nitro groups is 1. The van der Waals surface area contributed by atoms with Crippen molar-refractivity contribution in [3.05, 3.63) is 68.4 Å². The van der Waals surface area contributed by atoms with Crippen molar-refractivity contribution >= 4 is 27.4 Å². The van der Waals surface area contributed by atoms with Crippen molar-refractivity contribution in [3.8, 4) is 5.75 Å². The van der Waals surface area contributed by atoms with Crippen molar-refractivity contribution in [1.82, 2.24) is 0 Å². The summed E-state index contributed by atoms with van der Waals surface area (Å²) in [5.74, 6) is -0.730. The van der Waals surface area contributed by atoms with Gasteiger partial charge in [0.15, 0.2) is 12.4 Å². The molecule has 21 heavy (non-hydrogen) atoms. The first-order chi connectivity index (χ1) is 9.97. The maximum atomic E-state index is 13.3. The highest BCUT2D eigenvalue weighted by atomic mass is 79.9. The highest BCUT2D eigenvalue weighted by Gasteiger charge is 2.12. The second kappa shape index (κ2) is 6.45. The Morgan fingerprint density at radius 3 is 2.71 bits per heavy atom. The number of ether oxygens (including phenoxy) is 1. The minimum atomic E-state index is -0.582. The predicted octanol–water partition coefficient (Wildman–Crippen LogP) is 3.76. The second-order valence-electron chi connectivity index (χ2n) is 4.10. The number of ketones is 1. The van der Waals surface area contributed by atoms with Crippen LogP contribution in [0.4, 0.5) is 10.1 Å². The summed E-state index contributed by atoms with van der Waals surface area (Å²) in [6, 6.07) is 9.46. The summed E-state index contributed by atoms with van der Waals surface area (Å²) >= 11 is 3.01. The van der Waals surface area contributed by atoms with Crippen LogP contribution in [-0.2, 0) is 0 Å². The maximum Gasteiger partial charge on any atom is 0.270 e. The van der Waals surface area contributed by atoms with Crippen LogP contribution in [0.5, 0.6) is 5.75 Å². The van der Waals surface area contributed by atoms with Crippen LogP contribution < -0.4 is 4.74 Å². The highest BCUT2D eigenvalue weighted by Crippen LogP contribution is 2.21. The largest absolute Gasteiger partial charge is 0.485 e. The normalized spacial score (nSPS) is 10.2. The molecule has 0 saturated carbocycles. The number of nitrogens with zero attached hydrogens (tertiary/aromatic N) is 1. The fourth-order valence-electron chi connectivity index (χ4n) is 1.59. The molecule has 2 aromatic carbocycles.